The third kappa shape index (κ3) is 2.20. The number of hydrogen-bond acceptors (Lipinski definition) is 5. The molecule has 98 valence electrons. The topological polar surface area (TPSA) is 76.8 Å². The number of benzene rings is 1. The molecule has 3 N–H and O–H groups in total. The summed E-state index contributed by atoms with van der Waals surface area (Å²) in [5, 5.41) is 7.94. The van der Waals surface area contributed by atoms with Crippen molar-refractivity contribution in [1.82, 2.24) is 15.2 Å². The minimum Gasteiger partial charge on any atom is -0.384 e. The summed E-state index contributed by atoms with van der Waals surface area (Å²) in [4.78, 5) is 4.62. The van der Waals surface area contributed by atoms with Crippen LogP contribution in [0.1, 0.15) is 5.69 Å². The molecule has 0 aliphatic rings. The Labute approximate surface area is 114 Å². The van der Waals surface area contributed by atoms with Crippen LogP contribution in [0.4, 0.5) is 5.82 Å². The van der Waals surface area contributed by atoms with Crippen molar-refractivity contribution >= 4 is 27.4 Å². The molecule has 0 atom stereocenters. The Kier molecular flexibility index (Phi) is 3.18. The number of methoxy groups -OCH3 is 1. The number of nitrogens with one attached hydrogen (secondary N) is 1. The number of fused-ring (bicyclic) bond motifs is 1. The summed E-state index contributed by atoms with van der Waals surface area (Å²) in [5.74, 6) is 0.491. The van der Waals surface area contributed by atoms with Gasteiger partial charge in [-0.15, -0.1) is 11.3 Å². The molecule has 3 rings (SSSR count). The van der Waals surface area contributed by atoms with Gasteiger partial charge >= 0.3 is 0 Å². The van der Waals surface area contributed by atoms with E-state index in [1.165, 1.54) is 0 Å². The molecule has 0 radical (unpaired) electrons. The third-order valence-corrected chi connectivity index (χ3v) is 3.99. The fraction of sp³-hybridized carbons (Fsp3) is 0.231. The van der Waals surface area contributed by atoms with Crippen molar-refractivity contribution in [3.05, 3.63) is 30.0 Å². The molecule has 0 spiro atoms. The van der Waals surface area contributed by atoms with Crippen molar-refractivity contribution in [3.63, 3.8) is 0 Å². The van der Waals surface area contributed by atoms with Crippen LogP contribution in [0, 0.1) is 0 Å². The second kappa shape index (κ2) is 4.99. The summed E-state index contributed by atoms with van der Waals surface area (Å²) in [5.41, 5.74) is 8.81. The first-order valence-electron chi connectivity index (χ1n) is 5.97. The van der Waals surface area contributed by atoms with Crippen LogP contribution in [-0.4, -0.2) is 28.9 Å². The van der Waals surface area contributed by atoms with E-state index in [9.17, 15) is 0 Å². The van der Waals surface area contributed by atoms with E-state index in [-0.39, 0.29) is 0 Å². The van der Waals surface area contributed by atoms with Crippen LogP contribution in [0.5, 0.6) is 0 Å². The number of para-hydroxylation sites is 1. The van der Waals surface area contributed by atoms with Gasteiger partial charge in [-0.25, -0.2) is 4.98 Å². The van der Waals surface area contributed by atoms with Gasteiger partial charge in [0, 0.05) is 19.2 Å². The average molecular weight is 274 g/mol. The molecule has 2 heterocycles. The van der Waals surface area contributed by atoms with Gasteiger partial charge in [0.25, 0.3) is 0 Å². The van der Waals surface area contributed by atoms with Gasteiger partial charge in [-0.2, -0.15) is 5.10 Å². The van der Waals surface area contributed by atoms with Crippen molar-refractivity contribution < 1.29 is 4.74 Å². The van der Waals surface area contributed by atoms with Gasteiger partial charge in [0.1, 0.15) is 5.01 Å². The number of nitrogens with two attached hydrogens (primary N) is 1. The predicted molar refractivity (Wildman–Crippen MR) is 77.2 cm³/mol. The zero-order chi connectivity index (χ0) is 13.2. The Morgan fingerprint density at radius 1 is 1.37 bits per heavy atom. The molecule has 5 nitrogen and oxygen atoms in total. The maximum atomic E-state index is 5.95. The number of H-pyrrole nitrogens is 1. The second-order valence-corrected chi connectivity index (χ2v) is 5.22. The van der Waals surface area contributed by atoms with Crippen molar-refractivity contribution in [2.45, 2.75) is 6.42 Å². The van der Waals surface area contributed by atoms with Gasteiger partial charge in [0.15, 0.2) is 5.82 Å². The van der Waals surface area contributed by atoms with Crippen LogP contribution in [-0.2, 0) is 11.2 Å². The summed E-state index contributed by atoms with van der Waals surface area (Å²) < 4.78 is 6.25. The van der Waals surface area contributed by atoms with E-state index in [0.717, 1.165) is 32.9 Å². The number of ether oxygens (including phenoxy) is 1. The maximum absolute atomic E-state index is 5.95. The van der Waals surface area contributed by atoms with E-state index in [1.807, 2.05) is 18.2 Å². The molecule has 0 fully saturated rings. The minimum absolute atomic E-state index is 0.491. The molecule has 6 heteroatoms. The first-order valence-corrected chi connectivity index (χ1v) is 6.79. The quantitative estimate of drug-likeness (QED) is 0.766. The van der Waals surface area contributed by atoms with Crippen molar-refractivity contribution in [3.8, 4) is 10.6 Å². The number of hydrogen-bond donors (Lipinski definition) is 2. The molecule has 0 bridgehead atoms. The standard InChI is InChI=1S/C13H14N4OS/c1-18-7-6-9-11(12(14)17-16-9)13-15-8-4-2-3-5-10(8)19-13/h2-5H,6-7H2,1H3,(H3,14,16,17). The van der Waals surface area contributed by atoms with Crippen molar-refractivity contribution in [2.24, 2.45) is 0 Å². The van der Waals surface area contributed by atoms with Gasteiger partial charge in [0.2, 0.25) is 0 Å². The van der Waals surface area contributed by atoms with Crippen molar-refractivity contribution in [1.29, 1.82) is 0 Å². The number of nitrogens with zero attached hydrogens (tertiary/aromatic N) is 2. The largest absolute Gasteiger partial charge is 0.384 e. The number of thiazole rings is 1. The van der Waals surface area contributed by atoms with E-state index >= 15 is 0 Å². The summed E-state index contributed by atoms with van der Waals surface area (Å²) in [7, 11) is 1.68. The fourth-order valence-electron chi connectivity index (χ4n) is 2.00. The molecule has 0 saturated carbocycles. The van der Waals surface area contributed by atoms with Crippen LogP contribution in [0.2, 0.25) is 0 Å². The van der Waals surface area contributed by atoms with Crippen LogP contribution < -0.4 is 5.73 Å². The van der Waals surface area contributed by atoms with Gasteiger partial charge in [-0.3, -0.25) is 5.10 Å². The monoisotopic (exact) mass is 274 g/mol. The molecule has 19 heavy (non-hydrogen) atoms. The lowest BCUT2D eigenvalue weighted by molar-refractivity contribution is 0.201. The first kappa shape index (κ1) is 12.1. The van der Waals surface area contributed by atoms with Crippen LogP contribution in [0.15, 0.2) is 24.3 Å². The Morgan fingerprint density at radius 3 is 3.00 bits per heavy atom. The van der Waals surface area contributed by atoms with Gasteiger partial charge in [-0.1, -0.05) is 12.1 Å². The van der Waals surface area contributed by atoms with Gasteiger partial charge in [0.05, 0.1) is 22.4 Å². The highest BCUT2D eigenvalue weighted by molar-refractivity contribution is 7.21. The average Bonchev–Trinajstić information content (AvgIpc) is 2.99. The third-order valence-electron chi connectivity index (χ3n) is 2.93. The summed E-state index contributed by atoms with van der Waals surface area (Å²) >= 11 is 1.62. The molecule has 2 aromatic heterocycles. The van der Waals surface area contributed by atoms with Crippen LogP contribution >= 0.6 is 11.3 Å². The Hall–Kier alpha value is -1.92. The lowest BCUT2D eigenvalue weighted by Gasteiger charge is -2.00. The predicted octanol–water partition coefficient (Wildman–Crippen LogP) is 2.46. The molecule has 3 aromatic rings. The zero-order valence-electron chi connectivity index (χ0n) is 10.5. The number of rotatable bonds is 4. The fourth-order valence-corrected chi connectivity index (χ4v) is 3.04. The van der Waals surface area contributed by atoms with Gasteiger partial charge in [-0.05, 0) is 12.1 Å². The second-order valence-electron chi connectivity index (χ2n) is 4.19. The molecule has 0 aliphatic heterocycles. The van der Waals surface area contributed by atoms with E-state index in [1.54, 1.807) is 18.4 Å². The van der Waals surface area contributed by atoms with E-state index < -0.39 is 0 Å². The molecular formula is C13H14N4OS. The van der Waals surface area contributed by atoms with E-state index in [4.69, 9.17) is 10.5 Å². The number of anilines is 1. The lowest BCUT2D eigenvalue weighted by atomic mass is 10.2. The minimum atomic E-state index is 0.491. The normalized spacial score (nSPS) is 11.2. The lowest BCUT2D eigenvalue weighted by Crippen LogP contribution is -1.97. The molecular weight excluding hydrogens is 260 g/mol. The molecule has 0 amide bonds. The van der Waals surface area contributed by atoms with E-state index in [2.05, 4.69) is 21.2 Å². The summed E-state index contributed by atoms with van der Waals surface area (Å²) in [6.45, 7) is 0.625. The molecule has 0 unspecified atom stereocenters. The van der Waals surface area contributed by atoms with E-state index in [0.29, 0.717) is 12.4 Å². The smallest absolute Gasteiger partial charge is 0.155 e. The highest BCUT2D eigenvalue weighted by atomic mass is 32.1. The molecule has 1 aromatic carbocycles. The maximum Gasteiger partial charge on any atom is 0.155 e. The summed E-state index contributed by atoms with van der Waals surface area (Å²) in [6.07, 6.45) is 0.742. The Morgan fingerprint density at radius 2 is 2.21 bits per heavy atom. The Balaban J connectivity index is 2.07. The van der Waals surface area contributed by atoms with Crippen molar-refractivity contribution in [2.75, 3.05) is 19.5 Å². The van der Waals surface area contributed by atoms with Crippen LogP contribution in [0.25, 0.3) is 20.8 Å². The number of nitrogen functional groups attached to an aromatic ring is 1. The first-order chi connectivity index (χ1) is 9.29. The highest BCUT2D eigenvalue weighted by Gasteiger charge is 2.16. The molecule has 0 saturated heterocycles. The summed E-state index contributed by atoms with van der Waals surface area (Å²) in [6, 6.07) is 8.05. The SMILES string of the molecule is COCCc1[nH]nc(N)c1-c1nc2ccccc2s1. The highest BCUT2D eigenvalue weighted by Crippen LogP contribution is 2.34. The van der Waals surface area contributed by atoms with Crippen LogP contribution in [0.3, 0.4) is 0 Å². The Bertz CT molecular complexity index is 671. The number of aromatic nitrogens is 3. The zero-order valence-corrected chi connectivity index (χ0v) is 11.3. The number of aromatic amines is 1. The van der Waals surface area contributed by atoms with Gasteiger partial charge < -0.3 is 10.5 Å². The molecule has 0 aliphatic carbocycles.